The molecule has 0 aromatic carbocycles. The van der Waals surface area contributed by atoms with Gasteiger partial charge in [0.05, 0.1) is 0 Å². The van der Waals surface area contributed by atoms with Gasteiger partial charge in [0, 0.05) is 38.3 Å². The molecule has 3 unspecified atom stereocenters. The molecule has 0 aromatic rings. The molecule has 1 saturated carbocycles. The third-order valence-corrected chi connectivity index (χ3v) is 6.53. The fraction of sp³-hybridized carbons (Fsp3) is 1.00. The van der Waals surface area contributed by atoms with Crippen molar-refractivity contribution >= 4 is 0 Å². The quantitative estimate of drug-likeness (QED) is 0.841. The molecule has 0 radical (unpaired) electrons. The van der Waals surface area contributed by atoms with Gasteiger partial charge in [0.1, 0.15) is 0 Å². The Morgan fingerprint density at radius 2 is 1.71 bits per heavy atom. The third-order valence-electron chi connectivity index (χ3n) is 6.53. The van der Waals surface area contributed by atoms with Gasteiger partial charge in [0.15, 0.2) is 0 Å². The van der Waals surface area contributed by atoms with E-state index in [1.54, 1.807) is 0 Å². The zero-order chi connectivity index (χ0) is 15.5. The lowest BCUT2D eigenvalue weighted by atomic mass is 9.67. The van der Waals surface area contributed by atoms with Gasteiger partial charge in [-0.15, -0.1) is 0 Å². The van der Waals surface area contributed by atoms with E-state index in [1.807, 2.05) is 0 Å². The summed E-state index contributed by atoms with van der Waals surface area (Å²) in [5, 5.41) is 3.61. The number of hydrogen-bond acceptors (Lipinski definition) is 3. The topological polar surface area (TPSA) is 18.5 Å². The summed E-state index contributed by atoms with van der Waals surface area (Å²) in [6, 6.07) is 1.45. The summed E-state index contributed by atoms with van der Waals surface area (Å²) in [5.41, 5.74) is 0.502. The maximum absolute atomic E-state index is 3.61. The van der Waals surface area contributed by atoms with Gasteiger partial charge in [-0.25, -0.2) is 0 Å². The highest BCUT2D eigenvalue weighted by molar-refractivity contribution is 4.95. The smallest absolute Gasteiger partial charge is 0.0253 e. The summed E-state index contributed by atoms with van der Waals surface area (Å²) >= 11 is 0. The van der Waals surface area contributed by atoms with E-state index in [2.05, 4.69) is 49.9 Å². The molecule has 1 aliphatic heterocycles. The number of likely N-dealkylation sites (N-methyl/N-ethyl adjacent to an activating group) is 2. The Morgan fingerprint density at radius 3 is 2.24 bits per heavy atom. The standard InChI is InChI=1S/C18H37N3/c1-6-18(3,4)15-8-9-16(19-5)17(14-15)21-12-10-20(7-2)11-13-21/h15-17,19H,6-14H2,1-5H3. The van der Waals surface area contributed by atoms with Crippen LogP contribution in [-0.4, -0.2) is 61.7 Å². The molecule has 3 atom stereocenters. The van der Waals surface area contributed by atoms with E-state index in [-0.39, 0.29) is 0 Å². The number of nitrogens with zero attached hydrogens (tertiary/aromatic N) is 2. The lowest BCUT2D eigenvalue weighted by Gasteiger charge is -2.49. The van der Waals surface area contributed by atoms with Crippen molar-refractivity contribution in [3.05, 3.63) is 0 Å². The largest absolute Gasteiger partial charge is 0.315 e. The van der Waals surface area contributed by atoms with Gasteiger partial charge >= 0.3 is 0 Å². The van der Waals surface area contributed by atoms with Crippen molar-refractivity contribution in [1.82, 2.24) is 15.1 Å². The molecule has 1 aliphatic carbocycles. The average molecular weight is 296 g/mol. The monoisotopic (exact) mass is 295 g/mol. The van der Waals surface area contributed by atoms with Crippen LogP contribution < -0.4 is 5.32 Å². The zero-order valence-corrected chi connectivity index (χ0v) is 15.0. The van der Waals surface area contributed by atoms with E-state index in [0.717, 1.165) is 12.0 Å². The molecule has 0 spiro atoms. The fourth-order valence-corrected chi connectivity index (χ4v) is 4.30. The van der Waals surface area contributed by atoms with Crippen LogP contribution in [0.2, 0.25) is 0 Å². The van der Waals surface area contributed by atoms with Gasteiger partial charge in [-0.1, -0.05) is 34.1 Å². The number of piperazine rings is 1. The highest BCUT2D eigenvalue weighted by Crippen LogP contribution is 2.41. The minimum absolute atomic E-state index is 0.502. The molecular formula is C18H37N3. The first-order valence-electron chi connectivity index (χ1n) is 9.15. The lowest BCUT2D eigenvalue weighted by Crippen LogP contribution is -2.58. The molecular weight excluding hydrogens is 258 g/mol. The van der Waals surface area contributed by atoms with Crippen molar-refractivity contribution in [3.8, 4) is 0 Å². The molecule has 0 aromatic heterocycles. The molecule has 3 nitrogen and oxygen atoms in total. The van der Waals surface area contributed by atoms with Crippen molar-refractivity contribution in [2.75, 3.05) is 39.8 Å². The summed E-state index contributed by atoms with van der Waals surface area (Å²) in [6.07, 6.45) is 5.44. The van der Waals surface area contributed by atoms with E-state index in [1.165, 1.54) is 58.4 Å². The first-order chi connectivity index (χ1) is 10.0. The van der Waals surface area contributed by atoms with Crippen LogP contribution >= 0.6 is 0 Å². The normalized spacial score (nSPS) is 33.3. The second-order valence-electron chi connectivity index (χ2n) is 7.78. The molecule has 2 fully saturated rings. The first kappa shape index (κ1) is 17.2. The van der Waals surface area contributed by atoms with E-state index in [4.69, 9.17) is 0 Å². The fourth-order valence-electron chi connectivity index (χ4n) is 4.30. The minimum atomic E-state index is 0.502. The summed E-state index contributed by atoms with van der Waals surface area (Å²) in [4.78, 5) is 5.37. The highest BCUT2D eigenvalue weighted by Gasteiger charge is 2.39. The molecule has 2 aliphatic rings. The lowest BCUT2D eigenvalue weighted by molar-refractivity contribution is 0.0244. The Balaban J connectivity index is 2.00. The maximum Gasteiger partial charge on any atom is 0.0253 e. The first-order valence-corrected chi connectivity index (χ1v) is 9.15. The summed E-state index contributed by atoms with van der Waals surface area (Å²) < 4.78 is 0. The predicted octanol–water partition coefficient (Wildman–Crippen LogP) is 2.82. The van der Waals surface area contributed by atoms with Crippen LogP contribution in [0.4, 0.5) is 0 Å². The van der Waals surface area contributed by atoms with Crippen molar-refractivity contribution < 1.29 is 0 Å². The van der Waals surface area contributed by atoms with Gasteiger partial charge in [-0.2, -0.15) is 0 Å². The van der Waals surface area contributed by atoms with Crippen LogP contribution in [0.3, 0.4) is 0 Å². The summed E-state index contributed by atoms with van der Waals surface area (Å²) in [7, 11) is 2.16. The van der Waals surface area contributed by atoms with Gasteiger partial charge in [0.2, 0.25) is 0 Å². The van der Waals surface area contributed by atoms with Crippen LogP contribution in [0.15, 0.2) is 0 Å². The van der Waals surface area contributed by atoms with Crippen LogP contribution in [0, 0.1) is 11.3 Å². The second-order valence-corrected chi connectivity index (χ2v) is 7.78. The molecule has 2 rings (SSSR count). The van der Waals surface area contributed by atoms with E-state index in [9.17, 15) is 0 Å². The predicted molar refractivity (Wildman–Crippen MR) is 91.7 cm³/mol. The molecule has 0 amide bonds. The maximum atomic E-state index is 3.61. The Kier molecular flexibility index (Phi) is 6.10. The van der Waals surface area contributed by atoms with Gasteiger partial charge < -0.3 is 10.2 Å². The van der Waals surface area contributed by atoms with Gasteiger partial charge in [-0.05, 0) is 44.2 Å². The number of rotatable bonds is 5. The molecule has 124 valence electrons. The summed E-state index contributed by atoms with van der Waals surface area (Å²) in [5.74, 6) is 0.890. The highest BCUT2D eigenvalue weighted by atomic mass is 15.3. The van der Waals surface area contributed by atoms with Crippen LogP contribution in [0.5, 0.6) is 0 Å². The van der Waals surface area contributed by atoms with Crippen molar-refractivity contribution in [3.63, 3.8) is 0 Å². The van der Waals surface area contributed by atoms with Crippen LogP contribution in [-0.2, 0) is 0 Å². The number of nitrogens with one attached hydrogen (secondary N) is 1. The third kappa shape index (κ3) is 4.00. The Bertz CT molecular complexity index is 308. The molecule has 3 heteroatoms. The van der Waals surface area contributed by atoms with Crippen molar-refractivity contribution in [2.24, 2.45) is 11.3 Å². The SMILES string of the molecule is CCN1CCN(C2CC(C(C)(C)CC)CCC2NC)CC1. The zero-order valence-electron chi connectivity index (χ0n) is 15.0. The molecule has 1 saturated heterocycles. The Hall–Kier alpha value is -0.120. The van der Waals surface area contributed by atoms with E-state index in [0.29, 0.717) is 11.5 Å². The van der Waals surface area contributed by atoms with Gasteiger partial charge in [0.25, 0.3) is 0 Å². The van der Waals surface area contributed by atoms with Crippen LogP contribution in [0.1, 0.15) is 53.4 Å². The van der Waals surface area contributed by atoms with Gasteiger partial charge in [-0.3, -0.25) is 4.90 Å². The number of hydrogen-bond donors (Lipinski definition) is 1. The molecule has 21 heavy (non-hydrogen) atoms. The van der Waals surface area contributed by atoms with Crippen LogP contribution in [0.25, 0.3) is 0 Å². The van der Waals surface area contributed by atoms with Crippen molar-refractivity contribution in [1.29, 1.82) is 0 Å². The second kappa shape index (κ2) is 7.43. The van der Waals surface area contributed by atoms with Crippen molar-refractivity contribution in [2.45, 2.75) is 65.5 Å². The summed E-state index contributed by atoms with van der Waals surface area (Å²) in [6.45, 7) is 15.8. The van der Waals surface area contributed by atoms with E-state index < -0.39 is 0 Å². The molecule has 1 N–H and O–H groups in total. The minimum Gasteiger partial charge on any atom is -0.315 e. The molecule has 1 heterocycles. The average Bonchev–Trinajstić information content (AvgIpc) is 2.54. The Morgan fingerprint density at radius 1 is 1.05 bits per heavy atom. The van der Waals surface area contributed by atoms with E-state index >= 15 is 0 Å². The Labute approximate surface area is 132 Å². The molecule has 0 bridgehead atoms.